The van der Waals surface area contributed by atoms with Gasteiger partial charge in [0.1, 0.15) is 24.4 Å². The number of hydrogen-bond donors (Lipinski definition) is 0. The van der Waals surface area contributed by atoms with Gasteiger partial charge in [0.2, 0.25) is 0 Å². The maximum absolute atomic E-state index is 6.23. The van der Waals surface area contributed by atoms with E-state index in [1.165, 1.54) is 0 Å². The Morgan fingerprint density at radius 2 is 1.74 bits per heavy atom. The van der Waals surface area contributed by atoms with Crippen LogP contribution in [-0.2, 0) is 6.61 Å². The van der Waals surface area contributed by atoms with E-state index in [1.54, 1.807) is 34.9 Å². The van der Waals surface area contributed by atoms with E-state index in [-0.39, 0.29) is 6.61 Å². The molecule has 3 aromatic carbocycles. The molecule has 6 aromatic rings. The molecule has 0 aliphatic carbocycles. The Morgan fingerprint density at radius 1 is 0.914 bits per heavy atom. The normalized spacial score (nSPS) is 11.3. The molecule has 0 atom stereocenters. The van der Waals surface area contributed by atoms with Crippen LogP contribution in [0.4, 0.5) is 0 Å². The van der Waals surface area contributed by atoms with E-state index >= 15 is 0 Å². The average Bonchev–Trinajstić information content (AvgIpc) is 3.53. The van der Waals surface area contributed by atoms with Gasteiger partial charge in [-0.2, -0.15) is 5.10 Å². The van der Waals surface area contributed by atoms with E-state index in [2.05, 4.69) is 15.2 Å². The third-order valence-corrected chi connectivity index (χ3v) is 5.98. The zero-order chi connectivity index (χ0) is 23.8. The average molecular weight is 483 g/mol. The molecule has 3 aromatic heterocycles. The number of fused-ring (bicyclic) bond motifs is 3. The Balaban J connectivity index is 1.37. The number of halogens is 1. The molecule has 3 heterocycles. The number of rotatable bonds is 6. The van der Waals surface area contributed by atoms with Gasteiger partial charge in [0.25, 0.3) is 0 Å². The number of para-hydroxylation sites is 2. The van der Waals surface area contributed by atoms with Crippen LogP contribution in [0.3, 0.4) is 0 Å². The molecule has 0 unspecified atom stereocenters. The Bertz CT molecular complexity index is 1660. The Labute approximate surface area is 205 Å². The van der Waals surface area contributed by atoms with Crippen molar-refractivity contribution in [3.8, 4) is 28.6 Å². The summed E-state index contributed by atoms with van der Waals surface area (Å²) in [4.78, 5) is 9.38. The fraction of sp³-hybridized carbons (Fsp3) is 0.0769. The maximum Gasteiger partial charge on any atom is 0.182 e. The molecule has 172 valence electrons. The monoisotopic (exact) mass is 482 g/mol. The molecule has 0 bridgehead atoms. The first-order chi connectivity index (χ1) is 17.2. The highest BCUT2D eigenvalue weighted by Crippen LogP contribution is 2.29. The third kappa shape index (κ3) is 3.83. The number of hydrogen-bond acceptors (Lipinski definition) is 6. The minimum absolute atomic E-state index is 0.282. The number of benzene rings is 3. The minimum atomic E-state index is 0.282. The van der Waals surface area contributed by atoms with Crippen LogP contribution < -0.4 is 9.47 Å². The molecule has 0 aliphatic heterocycles. The number of ether oxygens (including phenoxy) is 2. The van der Waals surface area contributed by atoms with Crippen molar-refractivity contribution in [2.75, 3.05) is 7.11 Å². The van der Waals surface area contributed by atoms with E-state index in [9.17, 15) is 0 Å². The molecule has 35 heavy (non-hydrogen) atoms. The van der Waals surface area contributed by atoms with Gasteiger partial charge in [-0.05, 0) is 42.5 Å². The molecule has 8 nitrogen and oxygen atoms in total. The van der Waals surface area contributed by atoms with Gasteiger partial charge < -0.3 is 9.47 Å². The number of nitrogens with zero attached hydrogens (tertiary/aromatic N) is 6. The van der Waals surface area contributed by atoms with Gasteiger partial charge in [0, 0.05) is 11.1 Å². The van der Waals surface area contributed by atoms with Crippen molar-refractivity contribution in [3.05, 3.63) is 95.9 Å². The standard InChI is InChI=1S/C26H19ClN6O2/c1-34-22-12-11-17(13-18(22)15-35-23-10-6-5-9-21(23)27)24-30-26-20-14-29-33(19-7-3-2-4-8-19)25(20)28-16-32(26)31-24/h2-14,16H,15H2,1H3. The van der Waals surface area contributed by atoms with E-state index in [4.69, 9.17) is 26.1 Å². The van der Waals surface area contributed by atoms with Crippen LogP contribution in [-0.4, -0.2) is 36.5 Å². The van der Waals surface area contributed by atoms with Gasteiger partial charge in [-0.3, -0.25) is 0 Å². The van der Waals surface area contributed by atoms with Crippen molar-refractivity contribution in [2.24, 2.45) is 0 Å². The van der Waals surface area contributed by atoms with Gasteiger partial charge in [-0.15, -0.1) is 5.10 Å². The summed E-state index contributed by atoms with van der Waals surface area (Å²) in [5, 5.41) is 10.5. The van der Waals surface area contributed by atoms with Crippen molar-refractivity contribution < 1.29 is 9.47 Å². The SMILES string of the molecule is COc1ccc(-c2nc3c4cnn(-c5ccccc5)c4ncn3n2)cc1COc1ccccc1Cl. The zero-order valence-electron chi connectivity index (χ0n) is 18.7. The summed E-state index contributed by atoms with van der Waals surface area (Å²) >= 11 is 6.23. The smallest absolute Gasteiger partial charge is 0.182 e. The second-order valence-corrected chi connectivity index (χ2v) is 8.23. The lowest BCUT2D eigenvalue weighted by Gasteiger charge is -2.12. The highest BCUT2D eigenvalue weighted by Gasteiger charge is 2.16. The van der Waals surface area contributed by atoms with Crippen LogP contribution >= 0.6 is 11.6 Å². The molecule has 0 radical (unpaired) electrons. The molecule has 6 rings (SSSR count). The van der Waals surface area contributed by atoms with Crippen LogP contribution in [0.1, 0.15) is 5.56 Å². The van der Waals surface area contributed by atoms with Crippen molar-refractivity contribution >= 4 is 28.3 Å². The van der Waals surface area contributed by atoms with E-state index in [1.807, 2.05) is 66.7 Å². The predicted molar refractivity (Wildman–Crippen MR) is 133 cm³/mol. The van der Waals surface area contributed by atoms with Gasteiger partial charge in [0.05, 0.1) is 29.4 Å². The number of methoxy groups -OCH3 is 1. The number of aromatic nitrogens is 6. The largest absolute Gasteiger partial charge is 0.496 e. The molecule has 0 N–H and O–H groups in total. The lowest BCUT2D eigenvalue weighted by Crippen LogP contribution is -2.00. The maximum atomic E-state index is 6.23. The second kappa shape index (κ2) is 8.73. The van der Waals surface area contributed by atoms with E-state index in [0.29, 0.717) is 33.6 Å². The lowest BCUT2D eigenvalue weighted by atomic mass is 10.1. The Hall–Kier alpha value is -4.43. The molecular weight excluding hydrogens is 464 g/mol. The fourth-order valence-electron chi connectivity index (χ4n) is 3.95. The van der Waals surface area contributed by atoms with Crippen LogP contribution in [0.5, 0.6) is 11.5 Å². The molecular formula is C26H19ClN6O2. The summed E-state index contributed by atoms with van der Waals surface area (Å²) in [6, 6.07) is 23.0. The van der Waals surface area contributed by atoms with Crippen molar-refractivity contribution in [3.63, 3.8) is 0 Å². The summed E-state index contributed by atoms with van der Waals surface area (Å²) in [7, 11) is 1.63. The highest BCUT2D eigenvalue weighted by atomic mass is 35.5. The summed E-state index contributed by atoms with van der Waals surface area (Å²) in [6.07, 6.45) is 3.42. The van der Waals surface area contributed by atoms with Gasteiger partial charge in [-0.25, -0.2) is 19.2 Å². The fourth-order valence-corrected chi connectivity index (χ4v) is 4.14. The zero-order valence-corrected chi connectivity index (χ0v) is 19.4. The summed E-state index contributed by atoms with van der Waals surface area (Å²) < 4.78 is 14.9. The van der Waals surface area contributed by atoms with Crippen LogP contribution in [0.2, 0.25) is 5.02 Å². The van der Waals surface area contributed by atoms with Gasteiger partial charge >= 0.3 is 0 Å². The molecule has 9 heteroatoms. The van der Waals surface area contributed by atoms with Crippen LogP contribution in [0.25, 0.3) is 33.8 Å². The molecule has 0 saturated heterocycles. The second-order valence-electron chi connectivity index (χ2n) is 7.82. The summed E-state index contributed by atoms with van der Waals surface area (Å²) in [5.74, 6) is 1.88. The Morgan fingerprint density at radius 3 is 2.57 bits per heavy atom. The van der Waals surface area contributed by atoms with Crippen LogP contribution in [0, 0.1) is 0 Å². The van der Waals surface area contributed by atoms with Gasteiger partial charge in [0.15, 0.2) is 17.1 Å². The third-order valence-electron chi connectivity index (χ3n) is 5.66. The predicted octanol–water partition coefficient (Wildman–Crippen LogP) is 5.37. The molecule has 0 amide bonds. The van der Waals surface area contributed by atoms with Crippen molar-refractivity contribution in [2.45, 2.75) is 6.61 Å². The lowest BCUT2D eigenvalue weighted by molar-refractivity contribution is 0.297. The highest BCUT2D eigenvalue weighted by molar-refractivity contribution is 6.32. The first-order valence-corrected chi connectivity index (χ1v) is 11.3. The summed E-state index contributed by atoms with van der Waals surface area (Å²) in [6.45, 7) is 0.282. The van der Waals surface area contributed by atoms with Gasteiger partial charge in [-0.1, -0.05) is 41.9 Å². The molecule has 0 spiro atoms. The van der Waals surface area contributed by atoms with E-state index < -0.39 is 0 Å². The molecule has 0 saturated carbocycles. The minimum Gasteiger partial charge on any atom is -0.496 e. The first-order valence-electron chi connectivity index (χ1n) is 10.9. The van der Waals surface area contributed by atoms with Crippen molar-refractivity contribution in [1.82, 2.24) is 29.4 Å². The molecule has 0 aliphatic rings. The summed E-state index contributed by atoms with van der Waals surface area (Å²) in [5.41, 5.74) is 4.00. The van der Waals surface area contributed by atoms with E-state index in [0.717, 1.165) is 22.2 Å². The van der Waals surface area contributed by atoms with Crippen molar-refractivity contribution in [1.29, 1.82) is 0 Å². The topological polar surface area (TPSA) is 79.4 Å². The molecule has 0 fully saturated rings. The first kappa shape index (κ1) is 21.1. The van der Waals surface area contributed by atoms with Crippen LogP contribution in [0.15, 0.2) is 85.3 Å². The Kier molecular flexibility index (Phi) is 5.27. The quantitative estimate of drug-likeness (QED) is 0.317.